The Kier molecular flexibility index (Phi) is 3.68. The summed E-state index contributed by atoms with van der Waals surface area (Å²) >= 11 is 0. The summed E-state index contributed by atoms with van der Waals surface area (Å²) < 4.78 is 5.27. The van der Waals surface area contributed by atoms with Crippen LogP contribution in [0.1, 0.15) is 24.7 Å². The number of nitrogens with zero attached hydrogens (tertiary/aromatic N) is 5. The highest BCUT2D eigenvalue weighted by molar-refractivity contribution is 5.84. The van der Waals surface area contributed by atoms with Gasteiger partial charge in [-0.15, -0.1) is 0 Å². The average molecular weight is 328 g/mol. The fourth-order valence-electron chi connectivity index (χ4n) is 2.92. The predicted molar refractivity (Wildman–Crippen MR) is 80.4 cm³/mol. The van der Waals surface area contributed by atoms with E-state index < -0.39 is 0 Å². The van der Waals surface area contributed by atoms with Gasteiger partial charge in [0.15, 0.2) is 0 Å². The fourth-order valence-corrected chi connectivity index (χ4v) is 2.92. The second-order valence-electron chi connectivity index (χ2n) is 6.01. The first kappa shape index (κ1) is 14.7. The molecule has 2 saturated heterocycles. The summed E-state index contributed by atoms with van der Waals surface area (Å²) in [6.07, 6.45) is 4.26. The lowest BCUT2D eigenvalue weighted by molar-refractivity contribution is -0.142. The zero-order valence-corrected chi connectivity index (χ0v) is 12.9. The van der Waals surface area contributed by atoms with E-state index in [0.717, 1.165) is 0 Å². The molecular weight excluding hydrogens is 312 g/mol. The smallest absolute Gasteiger partial charge is 0.240 e. The van der Waals surface area contributed by atoms with Crippen molar-refractivity contribution >= 4 is 11.8 Å². The molecule has 9 nitrogen and oxygen atoms in total. The first-order chi connectivity index (χ1) is 11.7. The third-order valence-electron chi connectivity index (χ3n) is 4.36. The minimum absolute atomic E-state index is 0.0158. The summed E-state index contributed by atoms with van der Waals surface area (Å²) in [4.78, 5) is 37.8. The van der Waals surface area contributed by atoms with E-state index in [9.17, 15) is 9.59 Å². The maximum Gasteiger partial charge on any atom is 0.240 e. The van der Waals surface area contributed by atoms with Gasteiger partial charge in [0.25, 0.3) is 0 Å². The van der Waals surface area contributed by atoms with Crippen molar-refractivity contribution in [1.82, 2.24) is 30.3 Å². The molecule has 124 valence electrons. The van der Waals surface area contributed by atoms with E-state index in [-0.39, 0.29) is 23.7 Å². The van der Waals surface area contributed by atoms with E-state index in [1.807, 2.05) is 0 Å². The Morgan fingerprint density at radius 1 is 1.25 bits per heavy atom. The third-order valence-corrected chi connectivity index (χ3v) is 4.36. The molecule has 2 amide bonds. The first-order valence-corrected chi connectivity index (χ1v) is 7.87. The Bertz CT molecular complexity index is 746. The van der Waals surface area contributed by atoms with E-state index in [2.05, 4.69) is 25.4 Å². The predicted octanol–water partition coefficient (Wildman–Crippen LogP) is -0.0214. The molecule has 0 aliphatic carbocycles. The van der Waals surface area contributed by atoms with Crippen molar-refractivity contribution in [2.24, 2.45) is 5.92 Å². The highest BCUT2D eigenvalue weighted by Crippen LogP contribution is 2.29. The first-order valence-electron chi connectivity index (χ1n) is 7.87. The van der Waals surface area contributed by atoms with Crippen LogP contribution >= 0.6 is 0 Å². The molecule has 24 heavy (non-hydrogen) atoms. The van der Waals surface area contributed by atoms with Gasteiger partial charge in [0.2, 0.25) is 29.4 Å². The lowest BCUT2D eigenvalue weighted by atomic mass is 9.93. The van der Waals surface area contributed by atoms with Crippen molar-refractivity contribution < 1.29 is 14.1 Å². The van der Waals surface area contributed by atoms with Crippen molar-refractivity contribution in [3.8, 4) is 11.6 Å². The van der Waals surface area contributed by atoms with Crippen molar-refractivity contribution in [3.63, 3.8) is 0 Å². The van der Waals surface area contributed by atoms with Crippen LogP contribution in [-0.2, 0) is 9.59 Å². The van der Waals surface area contributed by atoms with E-state index in [1.165, 1.54) is 0 Å². The maximum absolute atomic E-state index is 12.4. The number of likely N-dealkylation sites (tertiary alicyclic amines) is 1. The van der Waals surface area contributed by atoms with Gasteiger partial charge < -0.3 is 14.7 Å². The number of nitrogens with one attached hydrogen (secondary N) is 1. The molecule has 0 aromatic carbocycles. The van der Waals surface area contributed by atoms with Gasteiger partial charge in [0.05, 0.1) is 11.8 Å². The second kappa shape index (κ2) is 5.99. The standard InChI is InChI=1S/C15H16N6O3/c22-11-3-2-9(6-18-11)15(23)21-7-10(8-21)14-19-13(20-24-14)12-16-4-1-5-17-12/h1,4-5,9-10H,2-3,6-8H2,(H,18,22). The van der Waals surface area contributed by atoms with Crippen LogP contribution in [-0.4, -0.2) is 56.5 Å². The molecule has 2 aromatic heterocycles. The molecule has 0 radical (unpaired) electrons. The van der Waals surface area contributed by atoms with Gasteiger partial charge in [-0.25, -0.2) is 9.97 Å². The monoisotopic (exact) mass is 328 g/mol. The van der Waals surface area contributed by atoms with Crippen LogP contribution in [0.2, 0.25) is 0 Å². The number of aromatic nitrogens is 4. The number of amides is 2. The molecule has 0 bridgehead atoms. The van der Waals surface area contributed by atoms with Crippen molar-refractivity contribution in [2.75, 3.05) is 19.6 Å². The maximum atomic E-state index is 12.4. The molecule has 2 aliphatic rings. The van der Waals surface area contributed by atoms with Crippen molar-refractivity contribution in [3.05, 3.63) is 24.4 Å². The summed E-state index contributed by atoms with van der Waals surface area (Å²) in [5.74, 6) is 1.28. The average Bonchev–Trinajstić information content (AvgIpc) is 3.04. The molecule has 1 N–H and O–H groups in total. The van der Waals surface area contributed by atoms with Crippen LogP contribution in [0.5, 0.6) is 0 Å². The molecule has 2 fully saturated rings. The van der Waals surface area contributed by atoms with Gasteiger partial charge in [-0.1, -0.05) is 5.16 Å². The van der Waals surface area contributed by atoms with Crippen LogP contribution in [0.3, 0.4) is 0 Å². The molecule has 9 heteroatoms. The summed E-state index contributed by atoms with van der Waals surface area (Å²) in [6, 6.07) is 1.72. The number of hydrogen-bond donors (Lipinski definition) is 1. The topological polar surface area (TPSA) is 114 Å². The Morgan fingerprint density at radius 2 is 2.04 bits per heavy atom. The molecular formula is C15H16N6O3. The summed E-state index contributed by atoms with van der Waals surface area (Å²) in [5.41, 5.74) is 0. The number of carbonyl (C=O) groups excluding carboxylic acids is 2. The van der Waals surface area contributed by atoms with E-state index >= 15 is 0 Å². The number of hydrogen-bond acceptors (Lipinski definition) is 7. The van der Waals surface area contributed by atoms with E-state index in [1.54, 1.807) is 23.4 Å². The van der Waals surface area contributed by atoms with Gasteiger partial charge in [0, 0.05) is 38.4 Å². The minimum atomic E-state index is -0.125. The molecule has 2 aromatic rings. The number of piperidine rings is 1. The Morgan fingerprint density at radius 3 is 2.75 bits per heavy atom. The molecule has 1 atom stereocenters. The van der Waals surface area contributed by atoms with Gasteiger partial charge in [0.1, 0.15) is 0 Å². The highest BCUT2D eigenvalue weighted by atomic mass is 16.5. The number of carbonyl (C=O) groups is 2. The van der Waals surface area contributed by atoms with Crippen LogP contribution < -0.4 is 5.32 Å². The molecule has 0 spiro atoms. The van der Waals surface area contributed by atoms with Crippen molar-refractivity contribution in [1.29, 1.82) is 0 Å². The van der Waals surface area contributed by atoms with Crippen LogP contribution in [0.25, 0.3) is 11.6 Å². The molecule has 2 aliphatic heterocycles. The molecule has 4 heterocycles. The summed E-state index contributed by atoms with van der Waals surface area (Å²) in [5, 5.41) is 6.63. The quantitative estimate of drug-likeness (QED) is 0.842. The molecule has 1 unspecified atom stereocenters. The van der Waals surface area contributed by atoms with E-state index in [0.29, 0.717) is 50.0 Å². The largest absolute Gasteiger partial charge is 0.355 e. The van der Waals surface area contributed by atoms with Gasteiger partial charge in [-0.2, -0.15) is 4.98 Å². The van der Waals surface area contributed by atoms with Crippen LogP contribution in [0.15, 0.2) is 23.0 Å². The zero-order chi connectivity index (χ0) is 16.5. The van der Waals surface area contributed by atoms with Gasteiger partial charge in [-0.05, 0) is 12.5 Å². The normalized spacial score (nSPS) is 21.2. The van der Waals surface area contributed by atoms with Crippen LogP contribution in [0.4, 0.5) is 0 Å². The van der Waals surface area contributed by atoms with Gasteiger partial charge >= 0.3 is 0 Å². The molecule has 0 saturated carbocycles. The Hall–Kier alpha value is -2.84. The summed E-state index contributed by atoms with van der Waals surface area (Å²) in [7, 11) is 0. The SMILES string of the molecule is O=C1CCC(C(=O)N2CC(c3nc(-c4ncccn4)no3)C2)CN1. The van der Waals surface area contributed by atoms with Crippen LogP contribution in [0, 0.1) is 5.92 Å². The minimum Gasteiger partial charge on any atom is -0.355 e. The highest BCUT2D eigenvalue weighted by Gasteiger charge is 2.39. The Labute approximate surface area is 137 Å². The third kappa shape index (κ3) is 2.72. The lowest BCUT2D eigenvalue weighted by Crippen LogP contribution is -2.53. The van der Waals surface area contributed by atoms with Gasteiger partial charge in [-0.3, -0.25) is 9.59 Å². The second-order valence-corrected chi connectivity index (χ2v) is 6.01. The summed E-state index contributed by atoms with van der Waals surface area (Å²) in [6.45, 7) is 1.54. The number of rotatable bonds is 3. The Balaban J connectivity index is 1.35. The fraction of sp³-hybridized carbons (Fsp3) is 0.467. The van der Waals surface area contributed by atoms with Crippen molar-refractivity contribution in [2.45, 2.75) is 18.8 Å². The zero-order valence-electron chi connectivity index (χ0n) is 12.9. The molecule has 4 rings (SSSR count). The van der Waals surface area contributed by atoms with E-state index in [4.69, 9.17) is 4.52 Å². The lowest BCUT2D eigenvalue weighted by Gasteiger charge is -2.39.